The molecule has 0 aromatic carbocycles. The van der Waals surface area contributed by atoms with Crippen molar-refractivity contribution < 1.29 is 19.4 Å². The molecule has 0 unspecified atom stereocenters. The summed E-state index contributed by atoms with van der Waals surface area (Å²) in [5.41, 5.74) is 3.32. The van der Waals surface area contributed by atoms with E-state index in [0.29, 0.717) is 12.3 Å². The zero-order valence-electron chi connectivity index (χ0n) is 10.2. The van der Waals surface area contributed by atoms with Crippen LogP contribution in [0.25, 0.3) is 0 Å². The average Bonchev–Trinajstić information content (AvgIpc) is 2.16. The summed E-state index contributed by atoms with van der Waals surface area (Å²) in [6.07, 6.45) is 1.33. The summed E-state index contributed by atoms with van der Waals surface area (Å²) < 4.78 is 4.42. The third-order valence-corrected chi connectivity index (χ3v) is 2.49. The van der Waals surface area contributed by atoms with E-state index in [1.165, 1.54) is 7.11 Å². The normalized spacial score (nSPS) is 14.6. The molecule has 3 N–H and O–H groups in total. The maximum Gasteiger partial charge on any atom is 0.308 e. The highest BCUT2D eigenvalue weighted by atomic mass is 16.5. The number of rotatable bonds is 7. The minimum absolute atomic E-state index is 0.190. The van der Waals surface area contributed by atoms with Gasteiger partial charge in [0.15, 0.2) is 5.60 Å². The molecule has 0 saturated heterocycles. The Kier molecular flexibility index (Phi) is 6.03. The van der Waals surface area contributed by atoms with Crippen molar-refractivity contribution in [1.29, 1.82) is 0 Å². The molecule has 0 saturated carbocycles. The molecule has 16 heavy (non-hydrogen) atoms. The number of methoxy groups -OCH3 is 1. The Hall–Kier alpha value is -1.10. The zero-order chi connectivity index (χ0) is 12.8. The molecule has 0 aromatic rings. The minimum atomic E-state index is -1.78. The Morgan fingerprint density at radius 2 is 2.00 bits per heavy atom. The Labute approximate surface area is 96.0 Å². The number of esters is 1. The number of aliphatic hydroxyl groups is 1. The SMILES string of the molecule is COC(=O)C[C@](O)(CCCC(C)C)C(N)=O. The standard InChI is InChI=1S/C11H21NO4/c1-8(2)5-4-6-11(15,10(12)14)7-9(13)16-3/h8,15H,4-7H2,1-3H3,(H2,12,14)/t11-/m1/s1. The highest BCUT2D eigenvalue weighted by molar-refractivity contribution is 5.88. The van der Waals surface area contributed by atoms with Crippen molar-refractivity contribution in [2.24, 2.45) is 11.7 Å². The smallest absolute Gasteiger partial charge is 0.308 e. The molecule has 0 aliphatic heterocycles. The van der Waals surface area contributed by atoms with Crippen LogP contribution in [-0.4, -0.2) is 29.7 Å². The average molecular weight is 231 g/mol. The first-order valence-corrected chi connectivity index (χ1v) is 5.41. The Bertz CT molecular complexity index is 252. The van der Waals surface area contributed by atoms with Crippen LogP contribution in [0.1, 0.15) is 39.5 Å². The molecule has 0 radical (unpaired) electrons. The number of nitrogens with two attached hydrogens (primary N) is 1. The third-order valence-electron chi connectivity index (χ3n) is 2.49. The molecule has 94 valence electrons. The minimum Gasteiger partial charge on any atom is -0.469 e. The highest BCUT2D eigenvalue weighted by Crippen LogP contribution is 2.20. The van der Waals surface area contributed by atoms with Crippen LogP contribution in [0.2, 0.25) is 0 Å². The third kappa shape index (κ3) is 5.11. The fourth-order valence-corrected chi connectivity index (χ4v) is 1.41. The fourth-order valence-electron chi connectivity index (χ4n) is 1.41. The van der Waals surface area contributed by atoms with Crippen LogP contribution in [-0.2, 0) is 14.3 Å². The van der Waals surface area contributed by atoms with Gasteiger partial charge in [-0.1, -0.05) is 20.3 Å². The molecule has 0 bridgehead atoms. The summed E-state index contributed by atoms with van der Waals surface area (Å²) in [4.78, 5) is 22.2. The maximum absolute atomic E-state index is 11.1. The van der Waals surface area contributed by atoms with Crippen LogP contribution in [0.15, 0.2) is 0 Å². The van der Waals surface area contributed by atoms with E-state index in [1.54, 1.807) is 0 Å². The number of hydrogen-bond donors (Lipinski definition) is 2. The summed E-state index contributed by atoms with van der Waals surface area (Å²) in [6.45, 7) is 4.09. The van der Waals surface area contributed by atoms with E-state index < -0.39 is 17.5 Å². The van der Waals surface area contributed by atoms with Crippen LogP contribution < -0.4 is 5.73 Å². The van der Waals surface area contributed by atoms with Crippen molar-refractivity contribution in [1.82, 2.24) is 0 Å². The van der Waals surface area contributed by atoms with Crippen LogP contribution in [0.4, 0.5) is 0 Å². The van der Waals surface area contributed by atoms with E-state index in [0.717, 1.165) is 6.42 Å². The summed E-state index contributed by atoms with van der Waals surface area (Å²) in [5, 5.41) is 9.93. The molecule has 0 fully saturated rings. The molecular weight excluding hydrogens is 210 g/mol. The Morgan fingerprint density at radius 3 is 2.38 bits per heavy atom. The van der Waals surface area contributed by atoms with E-state index in [4.69, 9.17) is 5.73 Å². The van der Waals surface area contributed by atoms with Crippen molar-refractivity contribution in [3.05, 3.63) is 0 Å². The largest absolute Gasteiger partial charge is 0.469 e. The molecule has 0 spiro atoms. The van der Waals surface area contributed by atoms with Gasteiger partial charge in [0.25, 0.3) is 0 Å². The number of hydrogen-bond acceptors (Lipinski definition) is 4. The van der Waals surface area contributed by atoms with E-state index in [-0.39, 0.29) is 12.8 Å². The molecule has 0 rings (SSSR count). The van der Waals surface area contributed by atoms with Crippen molar-refractivity contribution in [2.75, 3.05) is 7.11 Å². The van der Waals surface area contributed by atoms with Gasteiger partial charge in [-0.25, -0.2) is 0 Å². The van der Waals surface area contributed by atoms with Gasteiger partial charge in [0.1, 0.15) is 0 Å². The van der Waals surface area contributed by atoms with E-state index in [1.807, 2.05) is 13.8 Å². The zero-order valence-corrected chi connectivity index (χ0v) is 10.2. The molecule has 0 aliphatic rings. The molecule has 1 atom stereocenters. The molecule has 5 heteroatoms. The van der Waals surface area contributed by atoms with Crippen LogP contribution in [0, 0.1) is 5.92 Å². The topological polar surface area (TPSA) is 89.6 Å². The maximum atomic E-state index is 11.1. The van der Waals surface area contributed by atoms with Crippen molar-refractivity contribution in [3.63, 3.8) is 0 Å². The van der Waals surface area contributed by atoms with Crippen molar-refractivity contribution >= 4 is 11.9 Å². The molecule has 1 amide bonds. The monoisotopic (exact) mass is 231 g/mol. The van der Waals surface area contributed by atoms with Gasteiger partial charge in [0.05, 0.1) is 13.5 Å². The molecule has 0 aromatic heterocycles. The molecule has 5 nitrogen and oxygen atoms in total. The van der Waals surface area contributed by atoms with Gasteiger partial charge in [0.2, 0.25) is 5.91 Å². The van der Waals surface area contributed by atoms with E-state index >= 15 is 0 Å². The first kappa shape index (κ1) is 14.9. The first-order valence-electron chi connectivity index (χ1n) is 5.41. The van der Waals surface area contributed by atoms with Crippen LogP contribution in [0.5, 0.6) is 0 Å². The predicted molar refractivity (Wildman–Crippen MR) is 59.5 cm³/mol. The Balaban J connectivity index is 4.34. The van der Waals surface area contributed by atoms with E-state index in [9.17, 15) is 14.7 Å². The lowest BCUT2D eigenvalue weighted by Crippen LogP contribution is -2.45. The highest BCUT2D eigenvalue weighted by Gasteiger charge is 2.36. The number of primary amides is 1. The summed E-state index contributed by atoms with van der Waals surface area (Å²) >= 11 is 0. The molecule has 0 heterocycles. The number of ether oxygens (including phenoxy) is 1. The second kappa shape index (κ2) is 6.48. The summed E-state index contributed by atoms with van der Waals surface area (Å²) in [7, 11) is 1.21. The van der Waals surface area contributed by atoms with Crippen LogP contribution in [0.3, 0.4) is 0 Å². The summed E-state index contributed by atoms with van der Waals surface area (Å²) in [6, 6.07) is 0. The summed E-state index contributed by atoms with van der Waals surface area (Å²) in [5.74, 6) is -1.03. The van der Waals surface area contributed by atoms with Gasteiger partial charge in [-0.15, -0.1) is 0 Å². The van der Waals surface area contributed by atoms with Crippen LogP contribution >= 0.6 is 0 Å². The number of carbonyl (C=O) groups is 2. The van der Waals surface area contributed by atoms with Gasteiger partial charge in [-0.3, -0.25) is 9.59 Å². The molecular formula is C11H21NO4. The first-order chi connectivity index (χ1) is 7.31. The lowest BCUT2D eigenvalue weighted by molar-refractivity contribution is -0.153. The Morgan fingerprint density at radius 1 is 1.44 bits per heavy atom. The predicted octanol–water partition coefficient (Wildman–Crippen LogP) is 0.592. The number of carbonyl (C=O) groups excluding carboxylic acids is 2. The van der Waals surface area contributed by atoms with Gasteiger partial charge < -0.3 is 15.6 Å². The van der Waals surface area contributed by atoms with Gasteiger partial charge >= 0.3 is 5.97 Å². The van der Waals surface area contributed by atoms with Gasteiger partial charge in [-0.05, 0) is 18.8 Å². The van der Waals surface area contributed by atoms with E-state index in [2.05, 4.69) is 4.74 Å². The fraction of sp³-hybridized carbons (Fsp3) is 0.818. The van der Waals surface area contributed by atoms with Gasteiger partial charge in [0, 0.05) is 0 Å². The lowest BCUT2D eigenvalue weighted by atomic mass is 9.90. The lowest BCUT2D eigenvalue weighted by Gasteiger charge is -2.23. The molecule has 0 aliphatic carbocycles. The second-order valence-corrected chi connectivity index (χ2v) is 4.43. The number of amides is 1. The van der Waals surface area contributed by atoms with Gasteiger partial charge in [-0.2, -0.15) is 0 Å². The quantitative estimate of drug-likeness (QED) is 0.627. The van der Waals surface area contributed by atoms with Crippen molar-refractivity contribution in [3.8, 4) is 0 Å². The second-order valence-electron chi connectivity index (χ2n) is 4.43. The van der Waals surface area contributed by atoms with Crippen molar-refractivity contribution in [2.45, 2.75) is 45.1 Å².